The molecule has 180 valence electrons. The third-order valence-corrected chi connectivity index (χ3v) is 5.05. The van der Waals surface area contributed by atoms with Crippen molar-refractivity contribution >= 4 is 40.7 Å². The Morgan fingerprint density at radius 1 is 0.914 bits per heavy atom. The van der Waals surface area contributed by atoms with Crippen LogP contribution in [0.1, 0.15) is 39.1 Å². The number of hydrogen-bond donors (Lipinski definition) is 3. The molecule has 0 atom stereocenters. The predicted octanol–water partition coefficient (Wildman–Crippen LogP) is 3.96. The third kappa shape index (κ3) is 5.32. The highest BCUT2D eigenvalue weighted by molar-refractivity contribution is 6.07. The summed E-state index contributed by atoms with van der Waals surface area (Å²) in [5.41, 5.74) is 1.07. The van der Waals surface area contributed by atoms with E-state index in [2.05, 4.69) is 16.1 Å². The van der Waals surface area contributed by atoms with E-state index in [0.29, 0.717) is 11.8 Å². The number of hydrogen-bond acceptors (Lipinski definition) is 5. The summed E-state index contributed by atoms with van der Waals surface area (Å²) in [5.74, 6) is -2.16. The number of carbonyl (C=O) groups excluding carboxylic acids is 4. The van der Waals surface area contributed by atoms with Crippen molar-refractivity contribution in [3.63, 3.8) is 0 Å². The quantitative estimate of drug-likeness (QED) is 0.504. The number of furan rings is 1. The van der Waals surface area contributed by atoms with Crippen molar-refractivity contribution in [1.29, 1.82) is 0 Å². The molecule has 1 aliphatic rings. The summed E-state index contributed by atoms with van der Waals surface area (Å²) in [7, 11) is 0. The van der Waals surface area contributed by atoms with Crippen LogP contribution < -0.4 is 21.1 Å². The highest BCUT2D eigenvalue weighted by Gasteiger charge is 2.34. The van der Waals surface area contributed by atoms with E-state index < -0.39 is 29.2 Å². The highest BCUT2D eigenvalue weighted by atomic mass is 19.4. The number of carbonyl (C=O) groups is 4. The molecule has 1 aromatic heterocycles. The van der Waals surface area contributed by atoms with Crippen molar-refractivity contribution in [1.82, 2.24) is 5.43 Å². The summed E-state index contributed by atoms with van der Waals surface area (Å²) in [4.78, 5) is 48.2. The van der Waals surface area contributed by atoms with Gasteiger partial charge in [0.05, 0.1) is 28.8 Å². The molecule has 2 heterocycles. The fourth-order valence-corrected chi connectivity index (χ4v) is 3.30. The van der Waals surface area contributed by atoms with Crippen LogP contribution in [-0.4, -0.2) is 23.6 Å². The number of hydrazine groups is 1. The van der Waals surface area contributed by atoms with Gasteiger partial charge in [0.2, 0.25) is 11.8 Å². The average molecular weight is 486 g/mol. The van der Waals surface area contributed by atoms with Gasteiger partial charge in [-0.25, -0.2) is 5.01 Å². The van der Waals surface area contributed by atoms with Gasteiger partial charge in [-0.15, -0.1) is 0 Å². The van der Waals surface area contributed by atoms with Crippen LogP contribution in [0, 0.1) is 0 Å². The summed E-state index contributed by atoms with van der Waals surface area (Å²) < 4.78 is 45.8. The fraction of sp³-hybridized carbons (Fsp3) is 0.130. The van der Waals surface area contributed by atoms with Gasteiger partial charge in [0.25, 0.3) is 11.8 Å². The highest BCUT2D eigenvalue weighted by Crippen LogP contribution is 2.37. The van der Waals surface area contributed by atoms with Crippen molar-refractivity contribution in [2.45, 2.75) is 19.0 Å². The van der Waals surface area contributed by atoms with Gasteiger partial charge in [-0.05, 0) is 48.5 Å². The number of rotatable bonds is 5. The van der Waals surface area contributed by atoms with Crippen molar-refractivity contribution in [2.24, 2.45) is 0 Å². The SMILES string of the molecule is O=C1CCC(=O)N(c2ccc(C(=O)Nc3ccc(NC(=O)c4ccoc4)cc3C(F)(F)F)cc2)N1. The first-order valence-corrected chi connectivity index (χ1v) is 10.2. The van der Waals surface area contributed by atoms with E-state index in [0.717, 1.165) is 17.3 Å². The third-order valence-electron chi connectivity index (χ3n) is 5.05. The summed E-state index contributed by atoms with van der Waals surface area (Å²) >= 11 is 0. The van der Waals surface area contributed by atoms with E-state index in [4.69, 9.17) is 4.42 Å². The molecule has 4 amide bonds. The van der Waals surface area contributed by atoms with Crippen LogP contribution >= 0.6 is 0 Å². The minimum atomic E-state index is -4.82. The average Bonchev–Trinajstić information content (AvgIpc) is 3.36. The van der Waals surface area contributed by atoms with Gasteiger partial charge < -0.3 is 15.1 Å². The summed E-state index contributed by atoms with van der Waals surface area (Å²) in [6, 6.07) is 9.71. The Morgan fingerprint density at radius 3 is 2.29 bits per heavy atom. The largest absolute Gasteiger partial charge is 0.472 e. The van der Waals surface area contributed by atoms with Gasteiger partial charge in [0.15, 0.2) is 0 Å². The van der Waals surface area contributed by atoms with Crippen LogP contribution in [0.3, 0.4) is 0 Å². The Balaban J connectivity index is 1.51. The first-order valence-electron chi connectivity index (χ1n) is 10.2. The molecule has 0 aliphatic carbocycles. The number of anilines is 3. The standard InChI is InChI=1S/C23H17F3N4O5/c24-23(25,26)17-11-15(27-22(34)14-9-10-35-12-14)3-6-18(17)28-21(33)13-1-4-16(5-2-13)30-20(32)8-7-19(31)29-30/h1-6,9-12H,7-8H2,(H,27,34)(H,28,33)(H,29,31). The lowest BCUT2D eigenvalue weighted by Gasteiger charge is -2.27. The van der Waals surface area contributed by atoms with Gasteiger partial charge in [0, 0.05) is 24.1 Å². The first kappa shape index (κ1) is 23.5. The summed E-state index contributed by atoms with van der Waals surface area (Å²) in [5, 5.41) is 5.61. The molecule has 1 aliphatic heterocycles. The number of alkyl halides is 3. The van der Waals surface area contributed by atoms with Gasteiger partial charge in [-0.3, -0.25) is 24.6 Å². The topological polar surface area (TPSA) is 121 Å². The number of nitrogens with one attached hydrogen (secondary N) is 3. The molecular weight excluding hydrogens is 469 g/mol. The first-order chi connectivity index (χ1) is 16.6. The fourth-order valence-electron chi connectivity index (χ4n) is 3.30. The zero-order chi connectivity index (χ0) is 25.2. The molecule has 4 rings (SSSR count). The predicted molar refractivity (Wildman–Crippen MR) is 117 cm³/mol. The lowest BCUT2D eigenvalue weighted by atomic mass is 10.1. The van der Waals surface area contributed by atoms with Gasteiger partial charge in [0.1, 0.15) is 6.26 Å². The van der Waals surface area contributed by atoms with Crippen molar-refractivity contribution in [3.8, 4) is 0 Å². The maximum atomic E-state index is 13.7. The zero-order valence-corrected chi connectivity index (χ0v) is 17.8. The van der Waals surface area contributed by atoms with Crippen molar-refractivity contribution in [3.05, 3.63) is 77.7 Å². The van der Waals surface area contributed by atoms with Crippen molar-refractivity contribution in [2.75, 3.05) is 15.6 Å². The van der Waals surface area contributed by atoms with Crippen LogP contribution in [0.15, 0.2) is 65.5 Å². The maximum Gasteiger partial charge on any atom is 0.418 e. The number of nitrogens with zero attached hydrogens (tertiary/aromatic N) is 1. The molecule has 3 N–H and O–H groups in total. The second-order valence-corrected chi connectivity index (χ2v) is 7.49. The van der Waals surface area contributed by atoms with Gasteiger partial charge in [-0.2, -0.15) is 13.2 Å². The second kappa shape index (κ2) is 9.33. The summed E-state index contributed by atoms with van der Waals surface area (Å²) in [6.07, 6.45) is -2.32. The zero-order valence-electron chi connectivity index (χ0n) is 17.8. The van der Waals surface area contributed by atoms with Gasteiger partial charge >= 0.3 is 6.18 Å². The number of benzene rings is 2. The number of amides is 4. The molecule has 0 spiro atoms. The van der Waals surface area contributed by atoms with Crippen molar-refractivity contribution < 1.29 is 36.8 Å². The molecule has 0 unspecified atom stereocenters. The second-order valence-electron chi connectivity index (χ2n) is 7.49. The van der Waals surface area contributed by atoms with E-state index in [1.807, 2.05) is 0 Å². The lowest BCUT2D eigenvalue weighted by Crippen LogP contribution is -2.50. The molecule has 9 nitrogen and oxygen atoms in total. The minimum absolute atomic E-state index is 0.0231. The molecule has 12 heteroatoms. The number of halogens is 3. The normalized spacial score (nSPS) is 13.9. The Bertz CT molecular complexity index is 1290. The van der Waals surface area contributed by atoms with E-state index >= 15 is 0 Å². The van der Waals surface area contributed by atoms with Crippen LogP contribution in [0.25, 0.3) is 0 Å². The maximum absolute atomic E-state index is 13.7. The van der Waals surface area contributed by atoms with E-state index in [1.54, 1.807) is 0 Å². The Morgan fingerprint density at radius 2 is 1.63 bits per heavy atom. The van der Waals surface area contributed by atoms with Crippen LogP contribution in [0.4, 0.5) is 30.2 Å². The summed E-state index contributed by atoms with van der Waals surface area (Å²) in [6.45, 7) is 0. The lowest BCUT2D eigenvalue weighted by molar-refractivity contribution is -0.136. The van der Waals surface area contributed by atoms with E-state index in [9.17, 15) is 32.3 Å². The Labute approximate surface area is 195 Å². The molecule has 3 aromatic rings. The molecule has 0 radical (unpaired) electrons. The Kier molecular flexibility index (Phi) is 6.28. The van der Waals surface area contributed by atoms with Crippen LogP contribution in [0.2, 0.25) is 0 Å². The molecule has 1 fully saturated rings. The van der Waals surface area contributed by atoms with Crippen LogP contribution in [0.5, 0.6) is 0 Å². The minimum Gasteiger partial charge on any atom is -0.472 e. The molecule has 0 saturated carbocycles. The smallest absolute Gasteiger partial charge is 0.418 e. The molecule has 2 aromatic carbocycles. The molecular formula is C23H17F3N4O5. The monoisotopic (exact) mass is 486 g/mol. The van der Waals surface area contributed by atoms with Crippen LogP contribution in [-0.2, 0) is 15.8 Å². The van der Waals surface area contributed by atoms with E-state index in [-0.39, 0.29) is 41.5 Å². The van der Waals surface area contributed by atoms with E-state index in [1.165, 1.54) is 42.7 Å². The van der Waals surface area contributed by atoms with Gasteiger partial charge in [-0.1, -0.05) is 0 Å². The molecule has 0 bridgehead atoms. The Hall–Kier alpha value is -4.61. The molecule has 1 saturated heterocycles. The molecule has 35 heavy (non-hydrogen) atoms.